The summed E-state index contributed by atoms with van der Waals surface area (Å²) in [5, 5.41) is 0. The van der Waals surface area contributed by atoms with Crippen LogP contribution in [0.3, 0.4) is 0 Å². The van der Waals surface area contributed by atoms with Gasteiger partial charge in [0.1, 0.15) is 6.73 Å². The summed E-state index contributed by atoms with van der Waals surface area (Å²) in [5.41, 5.74) is 4.71. The molecule has 0 aromatic carbocycles. The maximum absolute atomic E-state index is 5.96. The molecule has 1 aliphatic rings. The summed E-state index contributed by atoms with van der Waals surface area (Å²) in [7, 11) is -1.05. The first kappa shape index (κ1) is 38.1. The first-order valence-corrected chi connectivity index (χ1v) is 13.8. The molecule has 1 aliphatic carbocycles. The number of aromatic nitrogens is 3. The van der Waals surface area contributed by atoms with Crippen LogP contribution < -0.4 is 0 Å². The van der Waals surface area contributed by atoms with Gasteiger partial charge in [-0.3, -0.25) is 0 Å². The van der Waals surface area contributed by atoms with Crippen molar-refractivity contribution in [2.75, 3.05) is 6.61 Å². The molecule has 4 nitrogen and oxygen atoms in total. The second-order valence-corrected chi connectivity index (χ2v) is 14.7. The number of ether oxygens (including phenoxy) is 1. The number of hydrogen-bond donors (Lipinski definition) is 0. The van der Waals surface area contributed by atoms with Gasteiger partial charge in [0, 0.05) is 184 Å². The van der Waals surface area contributed by atoms with E-state index in [-0.39, 0.29) is 164 Å². The molecule has 0 N–H and O–H groups in total. The molecule has 161 valence electrons. The Morgan fingerprint density at radius 1 is 1.03 bits per heavy atom. The summed E-state index contributed by atoms with van der Waals surface area (Å²) in [6.07, 6.45) is 11.4. The van der Waals surface area contributed by atoms with Crippen molar-refractivity contribution in [1.82, 2.24) is 14.0 Å². The average Bonchev–Trinajstić information content (AvgIpc) is 3.22. The summed E-state index contributed by atoms with van der Waals surface area (Å²) in [5.74, 6) is 1.05. The van der Waals surface area contributed by atoms with Gasteiger partial charge in [-0.15, -0.1) is 0 Å². The monoisotopic (exact) mass is 826 g/mol. The summed E-state index contributed by atoms with van der Waals surface area (Å²) in [6.45, 7) is 10.9. The Kier molecular flexibility index (Phi) is 20.8. The van der Waals surface area contributed by atoms with Gasteiger partial charge in [0.25, 0.3) is 0 Å². The Morgan fingerprint density at radius 2 is 1.72 bits per heavy atom. The third kappa shape index (κ3) is 9.59. The fourth-order valence-electron chi connectivity index (χ4n) is 4.03. The summed E-state index contributed by atoms with van der Waals surface area (Å²) >= 11 is 0. The van der Waals surface area contributed by atoms with Crippen molar-refractivity contribution in [2.45, 2.75) is 58.1 Å². The molecule has 0 amide bonds. The predicted octanol–water partition coefficient (Wildman–Crippen LogP) is 5.51. The van der Waals surface area contributed by atoms with Gasteiger partial charge >= 0.3 is 0 Å². The zero-order valence-electron chi connectivity index (χ0n) is 19.9. The molecule has 3 aromatic heterocycles. The van der Waals surface area contributed by atoms with Crippen LogP contribution in [-0.4, -0.2) is 28.6 Å². The van der Waals surface area contributed by atoms with E-state index in [0.717, 1.165) is 12.3 Å². The molecule has 4 rings (SSSR count). The van der Waals surface area contributed by atoms with Crippen LogP contribution in [0.1, 0.15) is 31.4 Å². The molecule has 1 saturated carbocycles. The van der Waals surface area contributed by atoms with Gasteiger partial charge in [-0.2, -0.15) is 11.8 Å². The maximum Gasteiger partial charge on any atom is 0.158 e. The number of nitrogens with zero attached hydrogens (tertiary/aromatic N) is 3. The van der Waals surface area contributed by atoms with Crippen molar-refractivity contribution in [3.05, 3.63) is 49.1 Å². The molecule has 1 fully saturated rings. The molecule has 32 heavy (non-hydrogen) atoms. The van der Waals surface area contributed by atoms with Gasteiger partial charge in [-0.1, -0.05) is 26.6 Å². The predicted molar refractivity (Wildman–Crippen MR) is 115 cm³/mol. The third-order valence-electron chi connectivity index (χ3n) is 5.68. The smallest absolute Gasteiger partial charge is 0.158 e. The zero-order chi connectivity index (χ0) is 19.0. The standard InChI is InChI=1S/C22H31N3OSi.5Y/c1-17-7-5-6-8-19(17)20-10-9-18-15-23-22-21(25(18)20)11-12-24(22)16-26-13-14-27(2,3)4;;;;;/h7-12,15,17,19H,5-6,13-14,16H2,1-4H3;;;;;/q-2;;;;;. The Balaban J connectivity index is 0. The van der Waals surface area contributed by atoms with Gasteiger partial charge < -0.3 is 26.5 Å². The van der Waals surface area contributed by atoms with Gasteiger partial charge in [-0.25, -0.2) is 17.8 Å². The molecule has 0 spiro atoms. The molecule has 3 heterocycles. The maximum atomic E-state index is 5.96. The summed E-state index contributed by atoms with van der Waals surface area (Å²) < 4.78 is 10.5. The first-order valence-electron chi connectivity index (χ1n) is 10.1. The SMILES string of the molecule is CC1[CH-]CC[CH-]C1c1ccc2cnc3c(ccn3COCC[Si](C)(C)C)n12.[Y].[Y].[Y].[Y].[Y]. The van der Waals surface area contributed by atoms with Crippen LogP contribution in [0, 0.1) is 18.8 Å². The molecular formula is C22H31N3OSiY5-2. The van der Waals surface area contributed by atoms with Crippen LogP contribution in [0.25, 0.3) is 16.7 Å². The number of fused-ring (bicyclic) bond motifs is 3. The fourth-order valence-corrected chi connectivity index (χ4v) is 4.79. The van der Waals surface area contributed by atoms with E-state index in [1.807, 2.05) is 6.20 Å². The van der Waals surface area contributed by atoms with Crippen molar-refractivity contribution >= 4 is 24.8 Å². The zero-order valence-corrected chi connectivity index (χ0v) is 35.1. The van der Waals surface area contributed by atoms with Gasteiger partial charge in [0.15, 0.2) is 5.65 Å². The quantitative estimate of drug-likeness (QED) is 0.187. The van der Waals surface area contributed by atoms with E-state index in [9.17, 15) is 0 Å². The van der Waals surface area contributed by atoms with E-state index >= 15 is 0 Å². The Labute approximate surface area is 320 Å². The molecule has 3 aromatic rings. The second kappa shape index (κ2) is 17.5. The van der Waals surface area contributed by atoms with Crippen LogP contribution in [0.2, 0.25) is 25.7 Å². The van der Waals surface area contributed by atoms with E-state index in [1.54, 1.807) is 0 Å². The van der Waals surface area contributed by atoms with Crippen LogP contribution in [0.15, 0.2) is 30.6 Å². The Morgan fingerprint density at radius 3 is 2.38 bits per heavy atom. The van der Waals surface area contributed by atoms with Crippen LogP contribution >= 0.6 is 0 Å². The minimum Gasteiger partial charge on any atom is -0.361 e. The van der Waals surface area contributed by atoms with Crippen molar-refractivity contribution in [3.63, 3.8) is 0 Å². The average molecular weight is 826 g/mol. The van der Waals surface area contributed by atoms with E-state index in [1.165, 1.54) is 35.6 Å². The summed E-state index contributed by atoms with van der Waals surface area (Å²) in [4.78, 5) is 4.73. The molecule has 0 aliphatic heterocycles. The minimum atomic E-state index is -1.05. The second-order valence-electron chi connectivity index (χ2n) is 9.05. The Bertz CT molecular complexity index is 941. The molecule has 0 bridgehead atoms. The topological polar surface area (TPSA) is 31.5 Å². The van der Waals surface area contributed by atoms with Crippen LogP contribution in [0.4, 0.5) is 0 Å². The van der Waals surface area contributed by atoms with Crippen molar-refractivity contribution in [1.29, 1.82) is 0 Å². The molecule has 10 heteroatoms. The number of hydrogen-bond acceptors (Lipinski definition) is 2. The van der Waals surface area contributed by atoms with Crippen molar-refractivity contribution in [3.8, 4) is 0 Å². The molecule has 0 saturated heterocycles. The first-order chi connectivity index (χ1) is 12.9. The van der Waals surface area contributed by atoms with E-state index < -0.39 is 8.07 Å². The molecule has 2 atom stereocenters. The minimum absolute atomic E-state index is 0. The van der Waals surface area contributed by atoms with Crippen LogP contribution in [-0.2, 0) is 175 Å². The third-order valence-corrected chi connectivity index (χ3v) is 7.38. The van der Waals surface area contributed by atoms with Gasteiger partial charge in [0.2, 0.25) is 0 Å². The molecular weight excluding hydrogens is 795 g/mol. The van der Waals surface area contributed by atoms with Crippen LogP contribution in [0.5, 0.6) is 0 Å². The molecule has 2 unspecified atom stereocenters. The van der Waals surface area contributed by atoms with Crippen molar-refractivity contribution < 1.29 is 168 Å². The van der Waals surface area contributed by atoms with E-state index in [0.29, 0.717) is 18.6 Å². The van der Waals surface area contributed by atoms with Gasteiger partial charge in [-0.05, 0) is 29.9 Å². The summed E-state index contributed by atoms with van der Waals surface area (Å²) in [6, 6.07) is 7.84. The van der Waals surface area contributed by atoms with E-state index in [4.69, 9.17) is 9.72 Å². The molecule has 5 radical (unpaired) electrons. The van der Waals surface area contributed by atoms with Gasteiger partial charge in [0.05, 0.1) is 17.2 Å². The van der Waals surface area contributed by atoms with E-state index in [2.05, 4.69) is 72.8 Å². The van der Waals surface area contributed by atoms with Crippen molar-refractivity contribution in [2.24, 2.45) is 5.92 Å². The largest absolute Gasteiger partial charge is 0.361 e. The normalized spacial score (nSPS) is 18.0. The number of rotatable bonds is 6. The fraction of sp³-hybridized carbons (Fsp3) is 0.500. The Hall–Kier alpha value is 3.93.